The topological polar surface area (TPSA) is 59.1 Å². The summed E-state index contributed by atoms with van der Waals surface area (Å²) in [5, 5.41) is 10.6. The van der Waals surface area contributed by atoms with Crippen molar-refractivity contribution < 1.29 is 5.11 Å². The van der Waals surface area contributed by atoms with E-state index in [1.165, 1.54) is 0 Å². The second kappa shape index (κ2) is 6.11. The summed E-state index contributed by atoms with van der Waals surface area (Å²) in [6, 6.07) is 1.88. The van der Waals surface area contributed by atoms with Gasteiger partial charge < -0.3 is 10.8 Å². The first-order valence-electron chi connectivity index (χ1n) is 5.56. The quantitative estimate of drug-likeness (QED) is 0.830. The average molecular weight is 240 g/mol. The smallest absolute Gasteiger partial charge is 0.129 e. The van der Waals surface area contributed by atoms with Crippen molar-refractivity contribution in [1.29, 1.82) is 0 Å². The Kier molecular flexibility index (Phi) is 5.09. The van der Waals surface area contributed by atoms with E-state index in [9.17, 15) is 5.11 Å². The number of rotatable bonds is 5. The number of nitrogen functional groups attached to an aromatic ring is 1. The Morgan fingerprint density at radius 1 is 1.56 bits per heavy atom. The fourth-order valence-corrected chi connectivity index (χ4v) is 2.39. The van der Waals surface area contributed by atoms with E-state index in [-0.39, 0.29) is 0 Å². The van der Waals surface area contributed by atoms with E-state index in [0.29, 0.717) is 16.8 Å². The molecule has 3 nitrogen and oxygen atoms in total. The Morgan fingerprint density at radius 3 is 2.81 bits per heavy atom. The number of aromatic nitrogens is 1. The molecule has 0 bridgehead atoms. The van der Waals surface area contributed by atoms with Crippen molar-refractivity contribution in [2.45, 2.75) is 38.5 Å². The Morgan fingerprint density at radius 2 is 2.25 bits per heavy atom. The molecule has 0 amide bonds. The molecule has 1 aromatic rings. The molecule has 0 aliphatic carbocycles. The molecule has 16 heavy (non-hydrogen) atoms. The molecular weight excluding hydrogens is 220 g/mol. The minimum absolute atomic E-state index is 0.442. The summed E-state index contributed by atoms with van der Waals surface area (Å²) in [5.41, 5.74) is 7.56. The molecule has 0 aliphatic rings. The van der Waals surface area contributed by atoms with Crippen LogP contribution < -0.4 is 5.73 Å². The van der Waals surface area contributed by atoms with Crippen LogP contribution in [-0.2, 0) is 0 Å². The normalized spacial score (nSPS) is 14.8. The van der Waals surface area contributed by atoms with Gasteiger partial charge in [0, 0.05) is 22.8 Å². The second-order valence-corrected chi connectivity index (χ2v) is 5.47. The molecule has 4 heteroatoms. The summed E-state index contributed by atoms with van der Waals surface area (Å²) in [7, 11) is 0. The van der Waals surface area contributed by atoms with E-state index < -0.39 is 6.10 Å². The molecule has 1 heterocycles. The molecule has 0 aromatic carbocycles. The average Bonchev–Trinajstić information content (AvgIpc) is 2.25. The number of hydrogen-bond acceptors (Lipinski definition) is 4. The summed E-state index contributed by atoms with van der Waals surface area (Å²) < 4.78 is 0. The van der Waals surface area contributed by atoms with Gasteiger partial charge in [-0.1, -0.05) is 13.8 Å². The summed E-state index contributed by atoms with van der Waals surface area (Å²) in [5.74, 6) is 1.11. The molecule has 0 saturated heterocycles. The van der Waals surface area contributed by atoms with E-state index in [0.717, 1.165) is 17.5 Å². The molecule has 0 spiro atoms. The standard InChI is InChI=1S/C12H20N2OS/c1-4-9(3)16-7-10(15)11-8(2)5-6-14-12(11)13/h5-6,9-10,15H,4,7H2,1-3H3,(H2,13,14). The van der Waals surface area contributed by atoms with Gasteiger partial charge in [-0.2, -0.15) is 11.8 Å². The Labute approximate surface area is 101 Å². The Hall–Kier alpha value is -0.740. The zero-order chi connectivity index (χ0) is 12.1. The van der Waals surface area contributed by atoms with Crippen LogP contribution in [0.3, 0.4) is 0 Å². The van der Waals surface area contributed by atoms with Crippen molar-refractivity contribution in [3.05, 3.63) is 23.4 Å². The van der Waals surface area contributed by atoms with Crippen LogP contribution in [0.4, 0.5) is 5.82 Å². The fourth-order valence-electron chi connectivity index (χ4n) is 1.48. The van der Waals surface area contributed by atoms with Crippen LogP contribution >= 0.6 is 11.8 Å². The molecule has 3 N–H and O–H groups in total. The highest BCUT2D eigenvalue weighted by Crippen LogP contribution is 2.27. The number of aliphatic hydroxyl groups excluding tert-OH is 1. The molecule has 0 fully saturated rings. The second-order valence-electron chi connectivity index (χ2n) is 3.99. The van der Waals surface area contributed by atoms with Gasteiger partial charge in [0.1, 0.15) is 5.82 Å². The first kappa shape index (κ1) is 13.3. The maximum absolute atomic E-state index is 10.1. The van der Waals surface area contributed by atoms with E-state index in [1.807, 2.05) is 13.0 Å². The minimum Gasteiger partial charge on any atom is -0.387 e. The molecule has 2 unspecified atom stereocenters. The van der Waals surface area contributed by atoms with Gasteiger partial charge in [0.2, 0.25) is 0 Å². The summed E-state index contributed by atoms with van der Waals surface area (Å²) in [6.07, 6.45) is 2.26. The Bertz CT molecular complexity index is 324. The SMILES string of the molecule is CCC(C)SCC(O)c1c(C)ccnc1N. The first-order chi connectivity index (χ1) is 7.56. The van der Waals surface area contributed by atoms with Crippen LogP contribution in [0.15, 0.2) is 12.3 Å². The van der Waals surface area contributed by atoms with Crippen LogP contribution in [0.2, 0.25) is 0 Å². The largest absolute Gasteiger partial charge is 0.387 e. The number of thioether (sulfide) groups is 1. The van der Waals surface area contributed by atoms with Crippen LogP contribution in [0.1, 0.15) is 37.5 Å². The van der Waals surface area contributed by atoms with Crippen LogP contribution in [0.25, 0.3) is 0 Å². The number of hydrogen-bond donors (Lipinski definition) is 2. The number of nitrogens with two attached hydrogens (primary N) is 1. The lowest BCUT2D eigenvalue weighted by Gasteiger charge is -2.16. The monoisotopic (exact) mass is 240 g/mol. The van der Waals surface area contributed by atoms with Crippen molar-refractivity contribution in [3.8, 4) is 0 Å². The van der Waals surface area contributed by atoms with Crippen molar-refractivity contribution in [2.75, 3.05) is 11.5 Å². The molecule has 0 saturated carbocycles. The lowest BCUT2D eigenvalue weighted by Crippen LogP contribution is -2.10. The van der Waals surface area contributed by atoms with E-state index in [2.05, 4.69) is 18.8 Å². The van der Waals surface area contributed by atoms with Gasteiger partial charge in [0.15, 0.2) is 0 Å². The highest BCUT2D eigenvalue weighted by molar-refractivity contribution is 7.99. The molecule has 0 aliphatic heterocycles. The number of aliphatic hydroxyl groups is 1. The first-order valence-corrected chi connectivity index (χ1v) is 6.61. The summed E-state index contributed by atoms with van der Waals surface area (Å²) in [4.78, 5) is 4.02. The van der Waals surface area contributed by atoms with Gasteiger partial charge in [-0.3, -0.25) is 0 Å². The van der Waals surface area contributed by atoms with Crippen molar-refractivity contribution >= 4 is 17.6 Å². The zero-order valence-electron chi connectivity index (χ0n) is 10.1. The van der Waals surface area contributed by atoms with Crippen LogP contribution in [0.5, 0.6) is 0 Å². The third-order valence-corrected chi connectivity index (χ3v) is 4.10. The molecule has 90 valence electrons. The molecule has 2 atom stereocenters. The summed E-state index contributed by atoms with van der Waals surface area (Å²) >= 11 is 1.76. The maximum Gasteiger partial charge on any atom is 0.129 e. The van der Waals surface area contributed by atoms with E-state index in [4.69, 9.17) is 5.73 Å². The van der Waals surface area contributed by atoms with Gasteiger partial charge >= 0.3 is 0 Å². The predicted molar refractivity (Wildman–Crippen MR) is 70.6 cm³/mol. The van der Waals surface area contributed by atoms with E-state index >= 15 is 0 Å². The van der Waals surface area contributed by atoms with Gasteiger partial charge in [0.25, 0.3) is 0 Å². The number of anilines is 1. The van der Waals surface area contributed by atoms with Crippen molar-refractivity contribution in [3.63, 3.8) is 0 Å². The third-order valence-electron chi connectivity index (χ3n) is 2.69. The van der Waals surface area contributed by atoms with Gasteiger partial charge in [0.05, 0.1) is 6.10 Å². The highest BCUT2D eigenvalue weighted by atomic mass is 32.2. The minimum atomic E-state index is -0.521. The van der Waals surface area contributed by atoms with Gasteiger partial charge in [-0.25, -0.2) is 4.98 Å². The predicted octanol–water partition coefficient (Wildman–Crippen LogP) is 2.54. The van der Waals surface area contributed by atoms with E-state index in [1.54, 1.807) is 18.0 Å². The fraction of sp³-hybridized carbons (Fsp3) is 0.583. The molecule has 1 aromatic heterocycles. The van der Waals surface area contributed by atoms with Gasteiger partial charge in [-0.05, 0) is 25.0 Å². The number of pyridine rings is 1. The molecule has 0 radical (unpaired) electrons. The number of nitrogens with zero attached hydrogens (tertiary/aromatic N) is 1. The van der Waals surface area contributed by atoms with Crippen molar-refractivity contribution in [2.24, 2.45) is 0 Å². The van der Waals surface area contributed by atoms with Crippen LogP contribution in [0, 0.1) is 6.92 Å². The molecule has 1 rings (SSSR count). The van der Waals surface area contributed by atoms with Crippen molar-refractivity contribution in [1.82, 2.24) is 4.98 Å². The molecular formula is C12H20N2OS. The Balaban J connectivity index is 2.69. The van der Waals surface area contributed by atoms with Gasteiger partial charge in [-0.15, -0.1) is 0 Å². The maximum atomic E-state index is 10.1. The number of aryl methyl sites for hydroxylation is 1. The lowest BCUT2D eigenvalue weighted by molar-refractivity contribution is 0.203. The third kappa shape index (κ3) is 3.39. The van der Waals surface area contributed by atoms with Crippen LogP contribution in [-0.4, -0.2) is 21.1 Å². The lowest BCUT2D eigenvalue weighted by atomic mass is 10.1. The summed E-state index contributed by atoms with van der Waals surface area (Å²) in [6.45, 7) is 6.26. The zero-order valence-corrected chi connectivity index (χ0v) is 10.9. The highest BCUT2D eigenvalue weighted by Gasteiger charge is 2.15.